The second-order valence-corrected chi connectivity index (χ2v) is 16.6. The highest BCUT2D eigenvalue weighted by Crippen LogP contribution is 2.63. The average Bonchev–Trinajstić information content (AvgIpc) is 3.71. The molecule has 0 N–H and O–H groups in total. The van der Waals surface area contributed by atoms with Crippen molar-refractivity contribution in [1.29, 1.82) is 0 Å². The van der Waals surface area contributed by atoms with Crippen LogP contribution in [0.15, 0.2) is 200 Å². The lowest BCUT2D eigenvalue weighted by molar-refractivity contribution is 0.438. The molecule has 60 heavy (non-hydrogen) atoms. The topological polar surface area (TPSA) is 35.0 Å². The van der Waals surface area contributed by atoms with Gasteiger partial charge in [-0.1, -0.05) is 190 Å². The summed E-state index contributed by atoms with van der Waals surface area (Å²) < 4.78 is 7.03. The van der Waals surface area contributed by atoms with E-state index in [1.807, 2.05) is 24.3 Å². The van der Waals surface area contributed by atoms with Crippen LogP contribution in [0.1, 0.15) is 59.8 Å². The van der Waals surface area contributed by atoms with Gasteiger partial charge in [0.05, 0.1) is 16.8 Å². The van der Waals surface area contributed by atoms with Crippen LogP contribution in [0.2, 0.25) is 0 Å². The zero-order valence-electron chi connectivity index (χ0n) is 33.9. The Labute approximate surface area is 351 Å². The van der Waals surface area contributed by atoms with E-state index in [0.29, 0.717) is 5.82 Å². The van der Waals surface area contributed by atoms with Crippen molar-refractivity contribution < 1.29 is 4.74 Å². The van der Waals surface area contributed by atoms with Crippen LogP contribution in [-0.2, 0) is 10.8 Å². The molecule has 11 rings (SSSR count). The van der Waals surface area contributed by atoms with Gasteiger partial charge in [0.1, 0.15) is 11.5 Å². The summed E-state index contributed by atoms with van der Waals surface area (Å²) in [6.07, 6.45) is 4.30. The van der Waals surface area contributed by atoms with Gasteiger partial charge < -0.3 is 4.74 Å². The fraction of sp³-hybridized carbons (Fsp3) is 0.0877. The molecule has 286 valence electrons. The summed E-state index contributed by atoms with van der Waals surface area (Å²) >= 11 is 0. The van der Waals surface area contributed by atoms with Gasteiger partial charge in [-0.3, -0.25) is 0 Å². The Morgan fingerprint density at radius 3 is 1.83 bits per heavy atom. The maximum atomic E-state index is 7.03. The molecule has 2 aliphatic carbocycles. The third-order valence-electron chi connectivity index (χ3n) is 12.9. The summed E-state index contributed by atoms with van der Waals surface area (Å²) in [5, 5.41) is 0. The smallest absolute Gasteiger partial charge is 0.160 e. The largest absolute Gasteiger partial charge is 0.456 e. The first-order chi connectivity index (χ1) is 29.4. The number of fused-ring (bicyclic) bond motifs is 10. The molecule has 0 saturated carbocycles. The first kappa shape index (κ1) is 35.8. The van der Waals surface area contributed by atoms with Gasteiger partial charge in [0, 0.05) is 33.2 Å². The lowest BCUT2D eigenvalue weighted by Crippen LogP contribution is -2.32. The number of rotatable bonds is 6. The van der Waals surface area contributed by atoms with Gasteiger partial charge >= 0.3 is 0 Å². The average molecular weight is 771 g/mol. The molecule has 0 saturated heterocycles. The minimum atomic E-state index is -0.531. The molecule has 1 aromatic heterocycles. The number of nitrogens with zero attached hydrogens (tertiary/aromatic N) is 2. The molecule has 8 aromatic rings. The number of hydrogen-bond acceptors (Lipinski definition) is 3. The molecule has 3 nitrogen and oxygen atoms in total. The summed E-state index contributed by atoms with van der Waals surface area (Å²) in [5.74, 6) is 2.43. The predicted molar refractivity (Wildman–Crippen MR) is 246 cm³/mol. The molecule has 0 radical (unpaired) electrons. The van der Waals surface area contributed by atoms with Gasteiger partial charge in [0.15, 0.2) is 5.82 Å². The third kappa shape index (κ3) is 5.22. The Kier molecular flexibility index (Phi) is 8.12. The van der Waals surface area contributed by atoms with Crippen LogP contribution in [0.25, 0.3) is 56.0 Å². The van der Waals surface area contributed by atoms with Gasteiger partial charge in [-0.15, -0.1) is 0 Å². The van der Waals surface area contributed by atoms with Crippen molar-refractivity contribution in [2.75, 3.05) is 0 Å². The summed E-state index contributed by atoms with van der Waals surface area (Å²) in [4.78, 5) is 10.5. The standard InChI is InChI=1S/C57H42N2O/c1-5-40-42-23-9-12-27-45(42)56(3,4)50(40)33-36(2)51-35-52(59-55(58-51)37-19-7-6-8-20-37)39-22-17-21-38(34-39)41-26-18-31-49-54(41)60-53-32-16-15-30-48(53)57(49)46-28-13-10-24-43(46)44-25-11-14-29-47(44)57/h5-35H,1H2,2-4H3/b36-33+. The van der Waals surface area contributed by atoms with E-state index in [-0.39, 0.29) is 5.41 Å². The number of ether oxygens (including phenoxy) is 1. The molecule has 3 heteroatoms. The molecular weight excluding hydrogens is 729 g/mol. The number of para-hydroxylation sites is 2. The number of allylic oxidation sites excluding steroid dienone is 5. The Bertz CT molecular complexity index is 3080. The lowest BCUT2D eigenvalue weighted by Gasteiger charge is -2.40. The minimum absolute atomic E-state index is 0.188. The first-order valence-electron chi connectivity index (χ1n) is 20.7. The first-order valence-corrected chi connectivity index (χ1v) is 20.7. The summed E-state index contributed by atoms with van der Waals surface area (Å²) in [5.41, 5.74) is 18.5. The van der Waals surface area contributed by atoms with Crippen molar-refractivity contribution in [3.05, 3.63) is 239 Å². The number of aromatic nitrogens is 2. The van der Waals surface area contributed by atoms with Gasteiger partial charge in [-0.05, 0) is 80.8 Å². The Balaban J connectivity index is 1.07. The van der Waals surface area contributed by atoms with Crippen molar-refractivity contribution in [3.8, 4) is 56.4 Å². The third-order valence-corrected chi connectivity index (χ3v) is 12.9. The maximum Gasteiger partial charge on any atom is 0.160 e. The van der Waals surface area contributed by atoms with Crippen LogP contribution in [0, 0.1) is 0 Å². The summed E-state index contributed by atoms with van der Waals surface area (Å²) in [6.45, 7) is 11.0. The van der Waals surface area contributed by atoms with E-state index >= 15 is 0 Å². The fourth-order valence-corrected chi connectivity index (χ4v) is 10.1. The van der Waals surface area contributed by atoms with E-state index in [9.17, 15) is 0 Å². The molecule has 0 bridgehead atoms. The quantitative estimate of drug-likeness (QED) is 0.169. The molecule has 1 aliphatic heterocycles. The predicted octanol–water partition coefficient (Wildman–Crippen LogP) is 14.3. The van der Waals surface area contributed by atoms with Gasteiger partial charge in [-0.25, -0.2) is 9.97 Å². The van der Waals surface area contributed by atoms with Crippen molar-refractivity contribution in [3.63, 3.8) is 0 Å². The maximum absolute atomic E-state index is 7.03. The SMILES string of the molecule is C=CC1=C(/C=C(\C)c2cc(-c3cccc(-c4cccc5c4Oc4ccccc4C54c5ccccc5-c5ccccc54)c3)nc(-c3ccccc3)n2)C(C)(C)c2ccccc21. The highest BCUT2D eigenvalue weighted by molar-refractivity contribution is 5.92. The van der Waals surface area contributed by atoms with E-state index in [2.05, 4.69) is 191 Å². The van der Waals surface area contributed by atoms with Crippen molar-refractivity contribution in [2.45, 2.75) is 31.6 Å². The highest BCUT2D eigenvalue weighted by Gasteiger charge is 2.51. The number of hydrogen-bond donors (Lipinski definition) is 0. The molecule has 3 aliphatic rings. The molecular formula is C57H42N2O. The van der Waals surface area contributed by atoms with Gasteiger partial charge in [0.25, 0.3) is 0 Å². The van der Waals surface area contributed by atoms with Gasteiger partial charge in [-0.2, -0.15) is 0 Å². The molecule has 0 fully saturated rings. The van der Waals surface area contributed by atoms with Crippen LogP contribution in [-0.4, -0.2) is 9.97 Å². The van der Waals surface area contributed by atoms with Crippen LogP contribution >= 0.6 is 0 Å². The van der Waals surface area contributed by atoms with Gasteiger partial charge in [0.2, 0.25) is 0 Å². The van der Waals surface area contributed by atoms with Crippen LogP contribution < -0.4 is 4.74 Å². The molecule has 1 spiro atoms. The van der Waals surface area contributed by atoms with E-state index in [1.54, 1.807) is 0 Å². The summed E-state index contributed by atoms with van der Waals surface area (Å²) in [6, 6.07) is 62.7. The molecule has 7 aromatic carbocycles. The zero-order valence-corrected chi connectivity index (χ0v) is 33.9. The van der Waals surface area contributed by atoms with Crippen LogP contribution in [0.4, 0.5) is 0 Å². The Hall–Kier alpha value is -7.36. The second kappa shape index (κ2) is 13.6. The van der Waals surface area contributed by atoms with E-state index in [1.165, 1.54) is 44.5 Å². The van der Waals surface area contributed by atoms with E-state index in [0.717, 1.165) is 61.8 Å². The van der Waals surface area contributed by atoms with Crippen molar-refractivity contribution >= 4 is 11.1 Å². The summed E-state index contributed by atoms with van der Waals surface area (Å²) in [7, 11) is 0. The Morgan fingerprint density at radius 1 is 0.533 bits per heavy atom. The monoisotopic (exact) mass is 770 g/mol. The fourth-order valence-electron chi connectivity index (χ4n) is 10.1. The van der Waals surface area contributed by atoms with E-state index < -0.39 is 5.41 Å². The highest BCUT2D eigenvalue weighted by atomic mass is 16.5. The zero-order chi connectivity index (χ0) is 40.6. The van der Waals surface area contributed by atoms with E-state index in [4.69, 9.17) is 14.7 Å². The molecule has 0 atom stereocenters. The lowest BCUT2D eigenvalue weighted by atomic mass is 9.65. The van der Waals surface area contributed by atoms with Crippen LogP contribution in [0.5, 0.6) is 11.5 Å². The van der Waals surface area contributed by atoms with Crippen LogP contribution in [0.3, 0.4) is 0 Å². The second-order valence-electron chi connectivity index (χ2n) is 16.6. The number of benzene rings is 7. The Morgan fingerprint density at radius 2 is 1.10 bits per heavy atom. The minimum Gasteiger partial charge on any atom is -0.456 e. The molecule has 0 amide bonds. The van der Waals surface area contributed by atoms with Crippen molar-refractivity contribution in [2.24, 2.45) is 0 Å². The normalized spacial score (nSPS) is 15.1. The molecule has 0 unspecified atom stereocenters. The van der Waals surface area contributed by atoms with Crippen molar-refractivity contribution in [1.82, 2.24) is 9.97 Å². The molecule has 2 heterocycles.